The zero-order valence-corrected chi connectivity index (χ0v) is 15.8. The zero-order valence-electron chi connectivity index (χ0n) is 15.8. The van der Waals surface area contributed by atoms with Crippen molar-refractivity contribution in [2.45, 2.75) is 60.5 Å². The fourth-order valence-electron chi connectivity index (χ4n) is 2.81. The third kappa shape index (κ3) is 4.27. The van der Waals surface area contributed by atoms with Gasteiger partial charge in [0.25, 0.3) is 0 Å². The second kappa shape index (κ2) is 7.98. The minimum Gasteiger partial charge on any atom is -0.473 e. The van der Waals surface area contributed by atoms with Crippen LogP contribution >= 0.6 is 0 Å². The van der Waals surface area contributed by atoms with Crippen LogP contribution in [0.15, 0.2) is 12.1 Å². The molecule has 1 heterocycles. The maximum Gasteiger partial charge on any atom is 0.244 e. The highest BCUT2D eigenvalue weighted by Crippen LogP contribution is 2.33. The first kappa shape index (κ1) is 18.7. The quantitative estimate of drug-likeness (QED) is 0.745. The topological polar surface area (TPSA) is 68.0 Å². The van der Waals surface area contributed by atoms with Crippen LogP contribution < -0.4 is 9.47 Å². The van der Waals surface area contributed by atoms with Gasteiger partial charge < -0.3 is 9.47 Å². The molecule has 0 saturated carbocycles. The summed E-state index contributed by atoms with van der Waals surface area (Å²) < 4.78 is 12.0. The normalized spacial score (nSPS) is 10.6. The number of benzene rings is 1. The van der Waals surface area contributed by atoms with E-state index in [0.717, 1.165) is 24.0 Å². The standard InChI is InChI=1S/C20H25N3O2/c1-7-16(8-2)24-19-17(11-21)20(23-15(6)22-19)25-18-13(4)9-12(3)10-14(18)5/h9-10,16H,7-8H2,1-6H3. The Hall–Kier alpha value is -2.61. The molecule has 0 atom stereocenters. The van der Waals surface area contributed by atoms with Crippen LogP contribution in [0.5, 0.6) is 17.5 Å². The Balaban J connectivity index is 2.48. The Morgan fingerprint density at radius 3 is 2.08 bits per heavy atom. The molecule has 5 nitrogen and oxygen atoms in total. The van der Waals surface area contributed by atoms with Gasteiger partial charge in [0.2, 0.25) is 11.8 Å². The molecule has 5 heteroatoms. The molecule has 132 valence electrons. The molecule has 2 rings (SSSR count). The van der Waals surface area contributed by atoms with E-state index in [1.165, 1.54) is 5.56 Å². The zero-order chi connectivity index (χ0) is 18.6. The molecule has 0 spiro atoms. The van der Waals surface area contributed by atoms with E-state index in [2.05, 4.69) is 16.0 Å². The van der Waals surface area contributed by atoms with Gasteiger partial charge in [-0.15, -0.1) is 0 Å². The van der Waals surface area contributed by atoms with Crippen molar-refractivity contribution in [1.29, 1.82) is 5.26 Å². The van der Waals surface area contributed by atoms with Crippen molar-refractivity contribution in [2.75, 3.05) is 0 Å². The number of nitrogens with zero attached hydrogens (tertiary/aromatic N) is 3. The molecule has 25 heavy (non-hydrogen) atoms. The summed E-state index contributed by atoms with van der Waals surface area (Å²) in [5.74, 6) is 1.76. The van der Waals surface area contributed by atoms with E-state index in [-0.39, 0.29) is 17.5 Å². The van der Waals surface area contributed by atoms with Gasteiger partial charge in [0.15, 0.2) is 5.56 Å². The molecule has 0 unspecified atom stereocenters. The predicted octanol–water partition coefficient (Wildman–Crippen LogP) is 4.94. The first-order chi connectivity index (χ1) is 11.9. The van der Waals surface area contributed by atoms with Crippen LogP contribution in [0.4, 0.5) is 0 Å². The summed E-state index contributed by atoms with van der Waals surface area (Å²) in [6.07, 6.45) is 1.70. The van der Waals surface area contributed by atoms with Crippen LogP contribution in [0.3, 0.4) is 0 Å². The lowest BCUT2D eigenvalue weighted by atomic mass is 10.1. The van der Waals surface area contributed by atoms with E-state index >= 15 is 0 Å². The fraction of sp³-hybridized carbons (Fsp3) is 0.450. The van der Waals surface area contributed by atoms with Gasteiger partial charge in [0.05, 0.1) is 6.10 Å². The molecule has 0 saturated heterocycles. The van der Waals surface area contributed by atoms with Gasteiger partial charge >= 0.3 is 0 Å². The van der Waals surface area contributed by atoms with Crippen LogP contribution in [0.25, 0.3) is 0 Å². The molecular weight excluding hydrogens is 314 g/mol. The molecule has 2 aromatic rings. The number of hydrogen-bond donors (Lipinski definition) is 0. The number of aromatic nitrogens is 2. The average molecular weight is 339 g/mol. The maximum absolute atomic E-state index is 9.62. The summed E-state index contributed by atoms with van der Waals surface area (Å²) in [7, 11) is 0. The minimum atomic E-state index is 0.0112. The molecule has 1 aromatic heterocycles. The van der Waals surface area contributed by atoms with Gasteiger partial charge in [0.1, 0.15) is 17.6 Å². The van der Waals surface area contributed by atoms with Crippen LogP contribution in [0, 0.1) is 39.0 Å². The molecule has 0 aliphatic rings. The molecule has 1 aromatic carbocycles. The summed E-state index contributed by atoms with van der Waals surface area (Å²) >= 11 is 0. The van der Waals surface area contributed by atoms with Crippen molar-refractivity contribution < 1.29 is 9.47 Å². The van der Waals surface area contributed by atoms with Crippen molar-refractivity contribution >= 4 is 0 Å². The number of ether oxygens (including phenoxy) is 2. The molecule has 0 aliphatic carbocycles. The Morgan fingerprint density at radius 1 is 1.00 bits per heavy atom. The van der Waals surface area contributed by atoms with Gasteiger partial charge in [0, 0.05) is 0 Å². The van der Waals surface area contributed by atoms with Crippen LogP contribution in [0.1, 0.15) is 54.8 Å². The van der Waals surface area contributed by atoms with Crippen LogP contribution in [-0.2, 0) is 0 Å². The van der Waals surface area contributed by atoms with Gasteiger partial charge in [-0.25, -0.2) is 0 Å². The van der Waals surface area contributed by atoms with Crippen molar-refractivity contribution in [3.63, 3.8) is 0 Å². The first-order valence-corrected chi connectivity index (χ1v) is 8.60. The fourth-order valence-corrected chi connectivity index (χ4v) is 2.81. The Morgan fingerprint density at radius 2 is 1.56 bits per heavy atom. The van der Waals surface area contributed by atoms with Gasteiger partial charge in [-0.1, -0.05) is 31.5 Å². The lowest BCUT2D eigenvalue weighted by Crippen LogP contribution is -2.16. The van der Waals surface area contributed by atoms with E-state index in [1.54, 1.807) is 6.92 Å². The van der Waals surface area contributed by atoms with E-state index in [0.29, 0.717) is 17.5 Å². The summed E-state index contributed by atoms with van der Waals surface area (Å²) in [5.41, 5.74) is 3.40. The van der Waals surface area contributed by atoms with Gasteiger partial charge in [-0.2, -0.15) is 15.2 Å². The van der Waals surface area contributed by atoms with Crippen molar-refractivity contribution in [2.24, 2.45) is 0 Å². The second-order valence-electron chi connectivity index (χ2n) is 6.25. The summed E-state index contributed by atoms with van der Waals surface area (Å²) in [6, 6.07) is 6.23. The Bertz CT molecular complexity index is 782. The molecule has 0 N–H and O–H groups in total. The van der Waals surface area contributed by atoms with E-state index in [9.17, 15) is 5.26 Å². The summed E-state index contributed by atoms with van der Waals surface area (Å²) in [5, 5.41) is 9.62. The highest BCUT2D eigenvalue weighted by Gasteiger charge is 2.20. The highest BCUT2D eigenvalue weighted by atomic mass is 16.5. The predicted molar refractivity (Wildman–Crippen MR) is 97.2 cm³/mol. The van der Waals surface area contributed by atoms with Gasteiger partial charge in [-0.3, -0.25) is 0 Å². The SMILES string of the molecule is CCC(CC)Oc1nc(C)nc(Oc2c(C)cc(C)cc2C)c1C#N. The number of rotatable bonds is 6. The van der Waals surface area contributed by atoms with Crippen molar-refractivity contribution in [3.05, 3.63) is 40.2 Å². The molecular formula is C20H25N3O2. The Kier molecular flexibility index (Phi) is 5.97. The van der Waals surface area contributed by atoms with E-state index < -0.39 is 0 Å². The molecule has 0 aliphatic heterocycles. The number of aryl methyl sites for hydroxylation is 4. The maximum atomic E-state index is 9.62. The largest absolute Gasteiger partial charge is 0.473 e. The van der Waals surface area contributed by atoms with Crippen LogP contribution in [-0.4, -0.2) is 16.1 Å². The lowest BCUT2D eigenvalue weighted by molar-refractivity contribution is 0.183. The summed E-state index contributed by atoms with van der Waals surface area (Å²) in [6.45, 7) is 11.9. The third-order valence-electron chi connectivity index (χ3n) is 4.06. The van der Waals surface area contributed by atoms with Crippen molar-refractivity contribution in [3.8, 4) is 23.6 Å². The Labute approximate surface area is 149 Å². The smallest absolute Gasteiger partial charge is 0.244 e. The minimum absolute atomic E-state index is 0.0112. The summed E-state index contributed by atoms with van der Waals surface area (Å²) in [4.78, 5) is 8.63. The molecule has 0 radical (unpaired) electrons. The number of hydrogen-bond acceptors (Lipinski definition) is 5. The monoisotopic (exact) mass is 339 g/mol. The van der Waals surface area contributed by atoms with E-state index in [4.69, 9.17) is 9.47 Å². The third-order valence-corrected chi connectivity index (χ3v) is 4.06. The molecule has 0 bridgehead atoms. The van der Waals surface area contributed by atoms with Gasteiger partial charge in [-0.05, 0) is 51.7 Å². The molecule has 0 amide bonds. The molecule has 0 fully saturated rings. The van der Waals surface area contributed by atoms with E-state index in [1.807, 2.05) is 46.8 Å². The average Bonchev–Trinajstić information content (AvgIpc) is 2.55. The highest BCUT2D eigenvalue weighted by molar-refractivity contribution is 5.50. The second-order valence-corrected chi connectivity index (χ2v) is 6.25. The first-order valence-electron chi connectivity index (χ1n) is 8.60. The number of nitriles is 1. The van der Waals surface area contributed by atoms with Crippen molar-refractivity contribution in [1.82, 2.24) is 9.97 Å². The lowest BCUT2D eigenvalue weighted by Gasteiger charge is -2.18. The van der Waals surface area contributed by atoms with Crippen LogP contribution in [0.2, 0.25) is 0 Å².